The van der Waals surface area contributed by atoms with E-state index in [0.29, 0.717) is 45.6 Å². The largest absolute Gasteiger partial charge is 0.338 e. The lowest BCUT2D eigenvalue weighted by molar-refractivity contribution is -0.139. The number of sulfone groups is 2. The van der Waals surface area contributed by atoms with Crippen molar-refractivity contribution < 1.29 is 21.6 Å². The van der Waals surface area contributed by atoms with E-state index in [1.807, 2.05) is 23.1 Å². The summed E-state index contributed by atoms with van der Waals surface area (Å²) < 4.78 is 50.5. The SMILES string of the molecule is CCS(=O)(=O)C([C@@H]1CNC[C@@H]1c1ccccc1)N1CCC2(CCN(Cc3ccc(S(C)(=O)=O)cc3)C2=O)CC1.Cl. The van der Waals surface area contributed by atoms with Gasteiger partial charge >= 0.3 is 0 Å². The molecule has 220 valence electrons. The molecule has 3 heterocycles. The molecule has 2 aromatic carbocycles. The van der Waals surface area contributed by atoms with E-state index in [1.165, 1.54) is 11.8 Å². The normalized spacial score (nSPS) is 24.2. The first-order chi connectivity index (χ1) is 18.5. The van der Waals surface area contributed by atoms with E-state index in [4.69, 9.17) is 0 Å². The van der Waals surface area contributed by atoms with Gasteiger partial charge in [0.05, 0.1) is 10.3 Å². The molecular formula is C29H40ClN3O5S2. The molecule has 2 aromatic rings. The van der Waals surface area contributed by atoms with Gasteiger partial charge in [-0.1, -0.05) is 49.4 Å². The number of likely N-dealkylation sites (tertiary alicyclic amines) is 2. The van der Waals surface area contributed by atoms with Crippen molar-refractivity contribution in [2.75, 3.05) is 44.7 Å². The highest BCUT2D eigenvalue weighted by Gasteiger charge is 2.51. The molecule has 0 saturated carbocycles. The lowest BCUT2D eigenvalue weighted by Crippen LogP contribution is -2.54. The number of rotatable bonds is 8. The monoisotopic (exact) mass is 609 g/mol. The summed E-state index contributed by atoms with van der Waals surface area (Å²) in [6.45, 7) is 5.44. The molecule has 1 unspecified atom stereocenters. The van der Waals surface area contributed by atoms with Crippen molar-refractivity contribution in [3.8, 4) is 0 Å². The van der Waals surface area contributed by atoms with E-state index in [-0.39, 0.29) is 40.8 Å². The van der Waals surface area contributed by atoms with Crippen molar-refractivity contribution in [3.05, 3.63) is 65.7 Å². The molecule has 1 amide bonds. The zero-order chi connectivity index (χ0) is 27.8. The summed E-state index contributed by atoms with van der Waals surface area (Å²) in [5, 5.41) is 2.88. The van der Waals surface area contributed by atoms with Crippen LogP contribution in [0.3, 0.4) is 0 Å². The van der Waals surface area contributed by atoms with Gasteiger partial charge in [0.2, 0.25) is 5.91 Å². The topological polar surface area (TPSA) is 104 Å². The van der Waals surface area contributed by atoms with Crippen molar-refractivity contribution in [2.24, 2.45) is 11.3 Å². The van der Waals surface area contributed by atoms with Gasteiger partial charge < -0.3 is 10.2 Å². The first-order valence-corrected chi connectivity index (χ1v) is 17.4. The van der Waals surface area contributed by atoms with Gasteiger partial charge in [-0.3, -0.25) is 9.69 Å². The number of piperidine rings is 1. The standard InChI is InChI=1S/C29H39N3O5S2.ClH/c1-3-39(36,37)27(26-20-30-19-25(26)23-7-5-4-6-8-23)31-16-13-29(14-17-31)15-18-32(28(29)33)21-22-9-11-24(12-10-22)38(2,34)35;/h4-12,25-27,30H,3,13-21H2,1-2H3;1H/t25-,26-,27?;/m1./s1. The summed E-state index contributed by atoms with van der Waals surface area (Å²) >= 11 is 0. The predicted molar refractivity (Wildman–Crippen MR) is 159 cm³/mol. The number of nitrogens with one attached hydrogen (secondary N) is 1. The van der Waals surface area contributed by atoms with Gasteiger partial charge in [0.15, 0.2) is 19.7 Å². The van der Waals surface area contributed by atoms with E-state index in [2.05, 4.69) is 22.3 Å². The molecular weight excluding hydrogens is 570 g/mol. The third kappa shape index (κ3) is 6.11. The van der Waals surface area contributed by atoms with Gasteiger partial charge in [0, 0.05) is 63.1 Å². The average Bonchev–Trinajstić information content (AvgIpc) is 3.51. The Balaban J connectivity index is 0.00000370. The molecule has 3 saturated heterocycles. The Hall–Kier alpha value is -1.98. The number of hydrogen-bond acceptors (Lipinski definition) is 7. The van der Waals surface area contributed by atoms with Gasteiger partial charge in [0.25, 0.3) is 0 Å². The molecule has 1 N–H and O–H groups in total. The second kappa shape index (κ2) is 12.1. The van der Waals surface area contributed by atoms with E-state index in [9.17, 15) is 21.6 Å². The van der Waals surface area contributed by atoms with E-state index in [0.717, 1.165) is 18.5 Å². The van der Waals surface area contributed by atoms with Crippen LogP contribution in [0, 0.1) is 11.3 Å². The number of carbonyl (C=O) groups is 1. The Bertz CT molecular complexity index is 1390. The number of amides is 1. The molecule has 11 heteroatoms. The first kappa shape index (κ1) is 31.0. The van der Waals surface area contributed by atoms with Crippen LogP contribution in [0.25, 0.3) is 0 Å². The van der Waals surface area contributed by atoms with Crippen LogP contribution in [0.2, 0.25) is 0 Å². The lowest BCUT2D eigenvalue weighted by atomic mass is 9.76. The Morgan fingerprint density at radius 1 is 0.925 bits per heavy atom. The van der Waals surface area contributed by atoms with Crippen LogP contribution in [0.15, 0.2) is 59.5 Å². The summed E-state index contributed by atoms with van der Waals surface area (Å²) in [7, 11) is -6.61. The summed E-state index contributed by atoms with van der Waals surface area (Å²) in [4.78, 5) is 17.9. The maximum absolute atomic E-state index is 13.6. The van der Waals surface area contributed by atoms with Gasteiger partial charge in [-0.05, 0) is 42.5 Å². The van der Waals surface area contributed by atoms with Crippen LogP contribution in [-0.2, 0) is 31.0 Å². The van der Waals surface area contributed by atoms with Crippen molar-refractivity contribution in [1.82, 2.24) is 15.1 Å². The molecule has 1 spiro atoms. The van der Waals surface area contributed by atoms with Gasteiger partial charge in [0.1, 0.15) is 5.37 Å². The Labute approximate surface area is 244 Å². The highest BCUT2D eigenvalue weighted by Crippen LogP contribution is 2.44. The smallest absolute Gasteiger partial charge is 0.229 e. The summed E-state index contributed by atoms with van der Waals surface area (Å²) in [5.74, 6) is 0.319. The number of hydrogen-bond donors (Lipinski definition) is 1. The van der Waals surface area contributed by atoms with Gasteiger partial charge in [-0.2, -0.15) is 0 Å². The van der Waals surface area contributed by atoms with Crippen molar-refractivity contribution >= 4 is 38.0 Å². The van der Waals surface area contributed by atoms with Crippen LogP contribution in [-0.4, -0.2) is 82.6 Å². The predicted octanol–water partition coefficient (Wildman–Crippen LogP) is 3.09. The number of carbonyl (C=O) groups excluding carboxylic acids is 1. The second-order valence-corrected chi connectivity index (χ2v) is 15.8. The lowest BCUT2D eigenvalue weighted by Gasteiger charge is -2.43. The Morgan fingerprint density at radius 2 is 1.55 bits per heavy atom. The third-order valence-corrected chi connectivity index (χ3v) is 12.4. The molecule has 0 bridgehead atoms. The number of halogens is 1. The fraction of sp³-hybridized carbons (Fsp3) is 0.552. The molecule has 3 aliphatic rings. The Morgan fingerprint density at radius 3 is 2.15 bits per heavy atom. The fourth-order valence-electron chi connectivity index (χ4n) is 6.78. The van der Waals surface area contributed by atoms with Crippen LogP contribution in [0.4, 0.5) is 0 Å². The van der Waals surface area contributed by atoms with E-state index >= 15 is 0 Å². The van der Waals surface area contributed by atoms with Crippen molar-refractivity contribution in [2.45, 2.75) is 48.9 Å². The minimum atomic E-state index is -3.35. The molecule has 40 heavy (non-hydrogen) atoms. The van der Waals surface area contributed by atoms with E-state index < -0.39 is 30.5 Å². The molecule has 3 fully saturated rings. The van der Waals surface area contributed by atoms with Crippen molar-refractivity contribution in [1.29, 1.82) is 0 Å². The second-order valence-electron chi connectivity index (χ2n) is 11.4. The maximum atomic E-state index is 13.6. The molecule has 5 rings (SSSR count). The average molecular weight is 610 g/mol. The van der Waals surface area contributed by atoms with Crippen molar-refractivity contribution in [3.63, 3.8) is 0 Å². The quantitative estimate of drug-likeness (QED) is 0.490. The number of benzene rings is 2. The fourth-order valence-corrected chi connectivity index (χ4v) is 9.23. The molecule has 0 aromatic heterocycles. The molecule has 3 aliphatic heterocycles. The summed E-state index contributed by atoms with van der Waals surface area (Å²) in [6.07, 6.45) is 3.26. The zero-order valence-corrected chi connectivity index (χ0v) is 25.6. The van der Waals surface area contributed by atoms with E-state index in [1.54, 1.807) is 31.2 Å². The van der Waals surface area contributed by atoms with Crippen LogP contribution in [0.1, 0.15) is 43.2 Å². The molecule has 8 nitrogen and oxygen atoms in total. The zero-order valence-electron chi connectivity index (χ0n) is 23.2. The minimum Gasteiger partial charge on any atom is -0.338 e. The third-order valence-electron chi connectivity index (χ3n) is 9.07. The van der Waals surface area contributed by atoms with Crippen LogP contribution < -0.4 is 5.32 Å². The highest BCUT2D eigenvalue weighted by molar-refractivity contribution is 7.92. The molecule has 3 atom stereocenters. The molecule has 0 aliphatic carbocycles. The van der Waals surface area contributed by atoms with Crippen LogP contribution >= 0.6 is 12.4 Å². The van der Waals surface area contributed by atoms with Crippen LogP contribution in [0.5, 0.6) is 0 Å². The molecule has 0 radical (unpaired) electrons. The summed E-state index contributed by atoms with van der Waals surface area (Å²) in [6, 6.07) is 16.9. The maximum Gasteiger partial charge on any atom is 0.229 e. The Kier molecular flexibility index (Phi) is 9.36. The van der Waals surface area contributed by atoms with Gasteiger partial charge in [-0.25, -0.2) is 16.8 Å². The number of nitrogens with zero attached hydrogens (tertiary/aromatic N) is 2. The highest BCUT2D eigenvalue weighted by atomic mass is 35.5. The van der Waals surface area contributed by atoms with Gasteiger partial charge in [-0.15, -0.1) is 12.4 Å². The first-order valence-electron chi connectivity index (χ1n) is 13.8. The summed E-state index contributed by atoms with van der Waals surface area (Å²) in [5.41, 5.74) is 1.62. The minimum absolute atomic E-state index is 0.